The second-order valence-electron chi connectivity index (χ2n) is 6.25. The first kappa shape index (κ1) is 17.9. The SMILES string of the molecule is CN(C(=O)c1cncc(Nc2cccc(C#N)c2)c1)C1CCS(=O)(=O)C1. The summed E-state index contributed by atoms with van der Waals surface area (Å²) in [5.74, 6) is -0.152. The van der Waals surface area contributed by atoms with E-state index in [1.54, 1.807) is 37.5 Å². The van der Waals surface area contributed by atoms with Crippen molar-refractivity contribution in [1.29, 1.82) is 5.26 Å². The summed E-state index contributed by atoms with van der Waals surface area (Å²) in [5, 5.41) is 12.1. The van der Waals surface area contributed by atoms with Crippen molar-refractivity contribution < 1.29 is 13.2 Å². The number of anilines is 2. The molecule has 1 aromatic carbocycles. The number of hydrogen-bond acceptors (Lipinski definition) is 6. The highest BCUT2D eigenvalue weighted by Gasteiger charge is 2.33. The van der Waals surface area contributed by atoms with Gasteiger partial charge in [-0.25, -0.2) is 8.42 Å². The molecule has 1 fully saturated rings. The Bertz CT molecular complexity index is 982. The average molecular weight is 370 g/mol. The molecule has 1 unspecified atom stereocenters. The van der Waals surface area contributed by atoms with Gasteiger partial charge in [0.05, 0.1) is 40.6 Å². The lowest BCUT2D eigenvalue weighted by Gasteiger charge is -2.23. The van der Waals surface area contributed by atoms with Crippen LogP contribution < -0.4 is 5.32 Å². The lowest BCUT2D eigenvalue weighted by atomic mass is 10.1. The number of benzene rings is 1. The van der Waals surface area contributed by atoms with Gasteiger partial charge in [-0.2, -0.15) is 5.26 Å². The highest BCUT2D eigenvalue weighted by molar-refractivity contribution is 7.91. The van der Waals surface area contributed by atoms with E-state index in [2.05, 4.69) is 16.4 Å². The minimum absolute atomic E-state index is 0.00155. The number of nitriles is 1. The third-order valence-corrected chi connectivity index (χ3v) is 6.09. The number of aromatic nitrogens is 1. The second kappa shape index (κ2) is 7.14. The van der Waals surface area contributed by atoms with Gasteiger partial charge < -0.3 is 10.2 Å². The Labute approximate surface area is 152 Å². The summed E-state index contributed by atoms with van der Waals surface area (Å²) in [4.78, 5) is 18.2. The number of sulfone groups is 1. The summed E-state index contributed by atoms with van der Waals surface area (Å²) in [5.41, 5.74) is 2.22. The first-order valence-corrected chi connectivity index (χ1v) is 9.90. The zero-order valence-electron chi connectivity index (χ0n) is 14.2. The highest BCUT2D eigenvalue weighted by Crippen LogP contribution is 2.21. The number of nitrogens with one attached hydrogen (secondary N) is 1. The van der Waals surface area contributed by atoms with Crippen molar-refractivity contribution in [3.63, 3.8) is 0 Å². The molecule has 1 aliphatic heterocycles. The van der Waals surface area contributed by atoms with Crippen LogP contribution >= 0.6 is 0 Å². The largest absolute Gasteiger partial charge is 0.354 e. The van der Waals surface area contributed by atoms with Gasteiger partial charge in [-0.15, -0.1) is 0 Å². The van der Waals surface area contributed by atoms with Crippen molar-refractivity contribution in [1.82, 2.24) is 9.88 Å². The molecule has 2 heterocycles. The Morgan fingerprint density at radius 1 is 1.31 bits per heavy atom. The van der Waals surface area contributed by atoms with Gasteiger partial charge in [0, 0.05) is 25.0 Å². The quantitative estimate of drug-likeness (QED) is 0.882. The maximum atomic E-state index is 12.7. The minimum Gasteiger partial charge on any atom is -0.354 e. The lowest BCUT2D eigenvalue weighted by molar-refractivity contribution is 0.0747. The molecule has 7 nitrogen and oxygen atoms in total. The predicted octanol–water partition coefficient (Wildman–Crippen LogP) is 1.96. The van der Waals surface area contributed by atoms with E-state index in [1.807, 2.05) is 6.07 Å². The maximum absolute atomic E-state index is 12.7. The van der Waals surface area contributed by atoms with Crippen LogP contribution in [0.2, 0.25) is 0 Å². The second-order valence-corrected chi connectivity index (χ2v) is 8.48. The summed E-state index contributed by atoms with van der Waals surface area (Å²) in [7, 11) is -1.44. The van der Waals surface area contributed by atoms with Crippen molar-refractivity contribution in [2.75, 3.05) is 23.9 Å². The Kier molecular flexibility index (Phi) is 4.91. The van der Waals surface area contributed by atoms with Crippen LogP contribution in [0.1, 0.15) is 22.3 Å². The molecule has 0 radical (unpaired) electrons. The van der Waals surface area contributed by atoms with Crippen molar-refractivity contribution >= 4 is 27.1 Å². The molecule has 1 saturated heterocycles. The van der Waals surface area contributed by atoms with Crippen LogP contribution in [-0.2, 0) is 9.84 Å². The third-order valence-electron chi connectivity index (χ3n) is 4.34. The van der Waals surface area contributed by atoms with Crippen LogP contribution in [-0.4, -0.2) is 48.8 Å². The number of carbonyl (C=O) groups excluding carboxylic acids is 1. The number of hydrogen-bond donors (Lipinski definition) is 1. The molecule has 1 amide bonds. The highest BCUT2D eigenvalue weighted by atomic mass is 32.2. The molecule has 2 aromatic rings. The molecule has 1 aromatic heterocycles. The lowest BCUT2D eigenvalue weighted by Crippen LogP contribution is -2.37. The number of pyridine rings is 1. The number of amides is 1. The van der Waals surface area contributed by atoms with Crippen molar-refractivity contribution in [2.24, 2.45) is 0 Å². The molecule has 134 valence electrons. The Morgan fingerprint density at radius 3 is 2.81 bits per heavy atom. The average Bonchev–Trinajstić information content (AvgIpc) is 3.00. The van der Waals surface area contributed by atoms with E-state index in [-0.39, 0.29) is 23.5 Å². The van der Waals surface area contributed by atoms with E-state index >= 15 is 0 Å². The van der Waals surface area contributed by atoms with E-state index in [9.17, 15) is 13.2 Å². The van der Waals surface area contributed by atoms with E-state index < -0.39 is 9.84 Å². The topological polar surface area (TPSA) is 103 Å². The first-order chi connectivity index (χ1) is 12.4. The molecule has 0 aliphatic carbocycles. The molecule has 0 spiro atoms. The third kappa shape index (κ3) is 4.00. The summed E-state index contributed by atoms with van der Waals surface area (Å²) >= 11 is 0. The zero-order valence-corrected chi connectivity index (χ0v) is 15.0. The predicted molar refractivity (Wildman–Crippen MR) is 97.8 cm³/mol. The number of rotatable bonds is 4. The van der Waals surface area contributed by atoms with Crippen LogP contribution in [0.5, 0.6) is 0 Å². The smallest absolute Gasteiger partial charge is 0.255 e. The van der Waals surface area contributed by atoms with Crippen LogP contribution in [0, 0.1) is 11.3 Å². The van der Waals surface area contributed by atoms with E-state index in [1.165, 1.54) is 11.1 Å². The monoisotopic (exact) mass is 370 g/mol. The molecular weight excluding hydrogens is 352 g/mol. The van der Waals surface area contributed by atoms with Crippen molar-refractivity contribution in [2.45, 2.75) is 12.5 Å². The first-order valence-electron chi connectivity index (χ1n) is 8.08. The van der Waals surface area contributed by atoms with Crippen LogP contribution in [0.4, 0.5) is 11.4 Å². The zero-order chi connectivity index (χ0) is 18.7. The van der Waals surface area contributed by atoms with Crippen LogP contribution in [0.15, 0.2) is 42.7 Å². The summed E-state index contributed by atoms with van der Waals surface area (Å²) < 4.78 is 23.3. The van der Waals surface area contributed by atoms with Gasteiger partial charge in [-0.05, 0) is 30.7 Å². The number of carbonyl (C=O) groups is 1. The summed E-state index contributed by atoms with van der Waals surface area (Å²) in [6.07, 6.45) is 3.49. The molecule has 3 rings (SSSR count). The van der Waals surface area contributed by atoms with Gasteiger partial charge in [0.1, 0.15) is 0 Å². The fourth-order valence-corrected chi connectivity index (χ4v) is 4.68. The van der Waals surface area contributed by atoms with Crippen LogP contribution in [0.3, 0.4) is 0 Å². The Hall–Kier alpha value is -2.92. The van der Waals surface area contributed by atoms with E-state index in [0.717, 1.165) is 0 Å². The van der Waals surface area contributed by atoms with Gasteiger partial charge in [-0.1, -0.05) is 6.07 Å². The Morgan fingerprint density at radius 2 is 2.12 bits per heavy atom. The molecule has 1 atom stereocenters. The fraction of sp³-hybridized carbons (Fsp3) is 0.278. The molecule has 0 saturated carbocycles. The van der Waals surface area contributed by atoms with Gasteiger partial charge in [-0.3, -0.25) is 9.78 Å². The standard InChI is InChI=1S/C18H18N4O3S/c1-22(17-5-6-26(24,25)12-17)18(23)14-8-16(11-20-10-14)21-15-4-2-3-13(7-15)9-19/h2-4,7-8,10-11,17,21H,5-6,12H2,1H3. The van der Waals surface area contributed by atoms with Gasteiger partial charge in [0.25, 0.3) is 5.91 Å². The van der Waals surface area contributed by atoms with Crippen molar-refractivity contribution in [3.8, 4) is 6.07 Å². The number of nitrogens with zero attached hydrogens (tertiary/aromatic N) is 3. The fourth-order valence-electron chi connectivity index (χ4n) is 2.91. The molecule has 26 heavy (non-hydrogen) atoms. The summed E-state index contributed by atoms with van der Waals surface area (Å²) in [6, 6.07) is 10.4. The van der Waals surface area contributed by atoms with Crippen molar-refractivity contribution in [3.05, 3.63) is 53.9 Å². The molecule has 8 heteroatoms. The maximum Gasteiger partial charge on any atom is 0.255 e. The molecule has 1 N–H and O–H groups in total. The van der Waals surface area contributed by atoms with Crippen LogP contribution in [0.25, 0.3) is 0 Å². The molecule has 0 bridgehead atoms. The van der Waals surface area contributed by atoms with E-state index in [4.69, 9.17) is 5.26 Å². The molecular formula is C18H18N4O3S. The summed E-state index contributed by atoms with van der Waals surface area (Å²) in [6.45, 7) is 0. The minimum atomic E-state index is -3.06. The van der Waals surface area contributed by atoms with Gasteiger partial charge in [0.2, 0.25) is 0 Å². The molecule has 1 aliphatic rings. The van der Waals surface area contributed by atoms with E-state index in [0.29, 0.717) is 28.9 Å². The normalized spacial score (nSPS) is 18.1. The Balaban J connectivity index is 1.76. The van der Waals surface area contributed by atoms with Gasteiger partial charge in [0.15, 0.2) is 9.84 Å². The van der Waals surface area contributed by atoms with Gasteiger partial charge >= 0.3 is 0 Å².